The molecule has 9 heteroatoms. The van der Waals surface area contributed by atoms with Crippen LogP contribution in [0.4, 0.5) is 13.2 Å². The van der Waals surface area contributed by atoms with Gasteiger partial charge in [0.2, 0.25) is 0 Å². The fourth-order valence-electron chi connectivity index (χ4n) is 2.41. The molecule has 1 aromatic carbocycles. The largest absolute Gasteiger partial charge is 0.462 e. The second-order valence-corrected chi connectivity index (χ2v) is 6.47. The highest BCUT2D eigenvalue weighted by Crippen LogP contribution is 2.30. The van der Waals surface area contributed by atoms with E-state index in [1.54, 1.807) is 6.92 Å². The van der Waals surface area contributed by atoms with Crippen molar-refractivity contribution in [2.45, 2.75) is 19.5 Å². The van der Waals surface area contributed by atoms with Gasteiger partial charge in [-0.15, -0.1) is 11.3 Å². The number of thiophene rings is 1. The van der Waals surface area contributed by atoms with Gasteiger partial charge in [-0.05, 0) is 24.6 Å². The summed E-state index contributed by atoms with van der Waals surface area (Å²) in [4.78, 5) is 31.4. The van der Waals surface area contributed by atoms with E-state index in [1.165, 1.54) is 18.2 Å². The van der Waals surface area contributed by atoms with Gasteiger partial charge in [0, 0.05) is 6.42 Å². The molecule has 0 aliphatic heterocycles. The predicted octanol–water partition coefficient (Wildman–Crippen LogP) is 3.77. The number of nitrogens with zero attached hydrogens (tertiary/aromatic N) is 1. The molecule has 2 aromatic heterocycles. The van der Waals surface area contributed by atoms with Crippen molar-refractivity contribution in [2.24, 2.45) is 0 Å². The topological polar surface area (TPSA) is 72.1 Å². The summed E-state index contributed by atoms with van der Waals surface area (Å²) in [7, 11) is 0. The Kier molecular flexibility index (Phi) is 4.82. The highest BCUT2D eigenvalue weighted by atomic mass is 32.1. The van der Waals surface area contributed by atoms with Crippen molar-refractivity contribution in [1.29, 1.82) is 0 Å². The lowest BCUT2D eigenvalue weighted by Crippen LogP contribution is -2.11. The van der Waals surface area contributed by atoms with E-state index in [2.05, 4.69) is 9.97 Å². The molecule has 0 saturated carbocycles. The molecule has 0 radical (unpaired) electrons. The first-order valence-electron chi connectivity index (χ1n) is 7.64. The number of esters is 1. The number of nitrogens with one attached hydrogen (secondary N) is 1. The molecular weight excluding hydrogens is 369 g/mol. The first-order valence-corrected chi connectivity index (χ1v) is 8.45. The molecule has 0 unspecified atom stereocenters. The summed E-state index contributed by atoms with van der Waals surface area (Å²) in [6.45, 7) is 1.88. The molecule has 2 heterocycles. The van der Waals surface area contributed by atoms with Crippen LogP contribution >= 0.6 is 11.3 Å². The molecule has 0 spiro atoms. The van der Waals surface area contributed by atoms with Crippen LogP contribution in [-0.2, 0) is 17.3 Å². The average Bonchev–Trinajstić information content (AvgIpc) is 2.99. The number of carbonyl (C=O) groups is 1. The number of hydrogen-bond acceptors (Lipinski definition) is 5. The number of alkyl halides is 3. The molecule has 1 N–H and O–H groups in total. The fraction of sp³-hybridized carbons (Fsp3) is 0.235. The molecule has 0 amide bonds. The number of halogens is 3. The predicted molar refractivity (Wildman–Crippen MR) is 90.4 cm³/mol. The Bertz CT molecular complexity index is 1020. The lowest BCUT2D eigenvalue weighted by molar-refractivity contribution is -0.137. The number of ether oxygens (including phenoxy) is 1. The van der Waals surface area contributed by atoms with Gasteiger partial charge in [-0.1, -0.05) is 18.2 Å². The van der Waals surface area contributed by atoms with Crippen LogP contribution in [0.15, 0.2) is 35.1 Å². The monoisotopic (exact) mass is 382 g/mol. The van der Waals surface area contributed by atoms with Gasteiger partial charge in [0.05, 0.1) is 17.6 Å². The minimum atomic E-state index is -4.44. The van der Waals surface area contributed by atoms with E-state index in [0.717, 1.165) is 23.5 Å². The normalized spacial score (nSPS) is 11.7. The van der Waals surface area contributed by atoms with Gasteiger partial charge < -0.3 is 9.72 Å². The van der Waals surface area contributed by atoms with Crippen LogP contribution in [0.5, 0.6) is 0 Å². The van der Waals surface area contributed by atoms with Crippen molar-refractivity contribution >= 4 is 27.5 Å². The van der Waals surface area contributed by atoms with Gasteiger partial charge in [-0.25, -0.2) is 9.78 Å². The zero-order valence-electron chi connectivity index (χ0n) is 13.5. The number of H-pyrrole nitrogens is 1. The Balaban J connectivity index is 1.94. The molecule has 3 rings (SSSR count). The van der Waals surface area contributed by atoms with E-state index >= 15 is 0 Å². The van der Waals surface area contributed by atoms with Crippen LogP contribution in [0.2, 0.25) is 0 Å². The summed E-state index contributed by atoms with van der Waals surface area (Å²) < 4.78 is 43.3. The Morgan fingerprint density at radius 1 is 1.31 bits per heavy atom. The minimum absolute atomic E-state index is 0.0295. The quantitative estimate of drug-likeness (QED) is 0.698. The highest BCUT2D eigenvalue weighted by molar-refractivity contribution is 7.20. The number of hydrogen-bond donors (Lipinski definition) is 1. The SMILES string of the molecule is CCOC(=O)c1cc2c(=O)[nH]c(Cc3cccc(C(F)(F)F)c3)nc2s1. The lowest BCUT2D eigenvalue weighted by Gasteiger charge is -2.08. The third-order valence-electron chi connectivity index (χ3n) is 3.55. The second-order valence-electron chi connectivity index (χ2n) is 5.44. The van der Waals surface area contributed by atoms with Gasteiger partial charge in [0.25, 0.3) is 5.56 Å². The minimum Gasteiger partial charge on any atom is -0.462 e. The number of aromatic amines is 1. The molecule has 26 heavy (non-hydrogen) atoms. The van der Waals surface area contributed by atoms with Crippen LogP contribution in [0.1, 0.15) is 33.5 Å². The van der Waals surface area contributed by atoms with E-state index in [-0.39, 0.29) is 29.1 Å². The van der Waals surface area contributed by atoms with Crippen molar-refractivity contribution in [3.05, 3.63) is 62.5 Å². The summed E-state index contributed by atoms with van der Waals surface area (Å²) in [5.41, 5.74) is -0.854. The average molecular weight is 382 g/mol. The molecule has 0 saturated heterocycles. The molecule has 3 aromatic rings. The summed E-state index contributed by atoms with van der Waals surface area (Å²) in [6.07, 6.45) is -4.41. The summed E-state index contributed by atoms with van der Waals surface area (Å²) in [5, 5.41) is 0.242. The number of rotatable bonds is 4. The van der Waals surface area contributed by atoms with Crippen LogP contribution in [0, 0.1) is 0 Å². The highest BCUT2D eigenvalue weighted by Gasteiger charge is 2.30. The molecule has 0 atom stereocenters. The van der Waals surface area contributed by atoms with Gasteiger partial charge in [0.15, 0.2) is 0 Å². The molecular formula is C17H13F3N2O3S. The number of aromatic nitrogens is 2. The molecule has 0 fully saturated rings. The lowest BCUT2D eigenvalue weighted by atomic mass is 10.1. The van der Waals surface area contributed by atoms with Crippen LogP contribution in [-0.4, -0.2) is 22.5 Å². The zero-order valence-corrected chi connectivity index (χ0v) is 14.3. The van der Waals surface area contributed by atoms with E-state index in [0.29, 0.717) is 10.4 Å². The number of fused-ring (bicyclic) bond motifs is 1. The van der Waals surface area contributed by atoms with Gasteiger partial charge in [0.1, 0.15) is 15.5 Å². The molecule has 0 aliphatic carbocycles. The Morgan fingerprint density at radius 2 is 2.08 bits per heavy atom. The first kappa shape index (κ1) is 18.1. The van der Waals surface area contributed by atoms with E-state index in [9.17, 15) is 22.8 Å². The van der Waals surface area contributed by atoms with Gasteiger partial charge >= 0.3 is 12.1 Å². The summed E-state index contributed by atoms with van der Waals surface area (Å²) in [5.74, 6) is -0.326. The summed E-state index contributed by atoms with van der Waals surface area (Å²) in [6, 6.07) is 6.23. The van der Waals surface area contributed by atoms with Crippen molar-refractivity contribution in [3.8, 4) is 0 Å². The maximum atomic E-state index is 12.8. The van der Waals surface area contributed by atoms with E-state index in [4.69, 9.17) is 4.74 Å². The van der Waals surface area contributed by atoms with E-state index in [1.807, 2.05) is 0 Å². The third-order valence-corrected chi connectivity index (χ3v) is 4.56. The van der Waals surface area contributed by atoms with Gasteiger partial charge in [-0.2, -0.15) is 13.2 Å². The van der Waals surface area contributed by atoms with Crippen molar-refractivity contribution in [2.75, 3.05) is 6.61 Å². The molecule has 5 nitrogen and oxygen atoms in total. The van der Waals surface area contributed by atoms with Crippen LogP contribution in [0.3, 0.4) is 0 Å². The van der Waals surface area contributed by atoms with Crippen LogP contribution in [0.25, 0.3) is 10.2 Å². The number of benzene rings is 1. The van der Waals surface area contributed by atoms with Gasteiger partial charge in [-0.3, -0.25) is 4.79 Å². The molecule has 0 bridgehead atoms. The Morgan fingerprint density at radius 3 is 2.77 bits per heavy atom. The number of carbonyl (C=O) groups excluding carboxylic acids is 1. The van der Waals surface area contributed by atoms with Crippen molar-refractivity contribution in [3.63, 3.8) is 0 Å². The van der Waals surface area contributed by atoms with Crippen molar-refractivity contribution in [1.82, 2.24) is 9.97 Å². The summed E-state index contributed by atoms with van der Waals surface area (Å²) >= 11 is 1.01. The maximum absolute atomic E-state index is 12.8. The Labute approximate surface area is 149 Å². The van der Waals surface area contributed by atoms with Crippen molar-refractivity contribution < 1.29 is 22.7 Å². The third kappa shape index (κ3) is 3.77. The molecule has 0 aliphatic rings. The maximum Gasteiger partial charge on any atom is 0.416 e. The fourth-order valence-corrected chi connectivity index (χ4v) is 3.36. The van der Waals surface area contributed by atoms with E-state index < -0.39 is 23.3 Å². The zero-order chi connectivity index (χ0) is 18.9. The Hall–Kier alpha value is -2.68. The smallest absolute Gasteiger partial charge is 0.416 e. The van der Waals surface area contributed by atoms with Crippen LogP contribution < -0.4 is 5.56 Å². The standard InChI is InChI=1S/C17H13F3N2O3S/c1-2-25-16(24)12-8-11-14(23)21-13(22-15(11)26-12)7-9-4-3-5-10(6-9)17(18,19)20/h3-6,8H,2,7H2,1H3,(H,21,22,23). The molecule has 136 valence electrons. The first-order chi connectivity index (χ1) is 12.3. The second kappa shape index (κ2) is 6.91.